The fourth-order valence-corrected chi connectivity index (χ4v) is 2.78. The Balaban J connectivity index is 1.47. The van der Waals surface area contributed by atoms with Gasteiger partial charge in [0.1, 0.15) is 12.4 Å². The Hall–Kier alpha value is -3.35. The molecule has 0 bridgehead atoms. The van der Waals surface area contributed by atoms with Gasteiger partial charge in [0, 0.05) is 5.69 Å². The van der Waals surface area contributed by atoms with E-state index < -0.39 is 11.8 Å². The predicted octanol–water partition coefficient (Wildman–Crippen LogP) is 4.97. The van der Waals surface area contributed by atoms with Gasteiger partial charge in [-0.3, -0.25) is 9.59 Å². The molecule has 0 saturated heterocycles. The van der Waals surface area contributed by atoms with E-state index in [1.807, 2.05) is 31.2 Å². The molecule has 0 aliphatic rings. The van der Waals surface area contributed by atoms with E-state index in [2.05, 4.69) is 15.8 Å². The van der Waals surface area contributed by atoms with Gasteiger partial charge in [-0.15, -0.1) is 0 Å². The number of carbonyl (C=O) groups excluding carboxylic acids is 2. The van der Waals surface area contributed by atoms with Gasteiger partial charge in [0.25, 0.3) is 0 Å². The summed E-state index contributed by atoms with van der Waals surface area (Å²) in [6.45, 7) is 2.51. The van der Waals surface area contributed by atoms with Crippen LogP contribution in [0.1, 0.15) is 16.7 Å². The first kappa shape index (κ1) is 22.3. The Morgan fingerprint density at radius 3 is 2.32 bits per heavy atom. The van der Waals surface area contributed by atoms with E-state index in [1.54, 1.807) is 24.3 Å². The van der Waals surface area contributed by atoms with Gasteiger partial charge in [-0.25, -0.2) is 5.43 Å². The van der Waals surface area contributed by atoms with Gasteiger partial charge in [-0.1, -0.05) is 53.0 Å². The number of anilines is 1. The molecule has 0 aliphatic carbocycles. The standard InChI is InChI=1S/C23H19Cl2N3O3/c1-15-2-4-17(5-3-15)14-31-19-9-6-16(7-10-19)13-26-28-23(30)22(29)27-18-8-11-20(24)21(25)12-18/h2-13H,14H2,1H3,(H,27,29)(H,28,30)/b26-13+. The number of hydrazone groups is 1. The smallest absolute Gasteiger partial charge is 0.329 e. The van der Waals surface area contributed by atoms with E-state index in [-0.39, 0.29) is 5.02 Å². The molecule has 31 heavy (non-hydrogen) atoms. The molecule has 3 aromatic carbocycles. The second kappa shape index (κ2) is 10.6. The van der Waals surface area contributed by atoms with Crippen LogP contribution in [-0.4, -0.2) is 18.0 Å². The molecule has 0 spiro atoms. The highest BCUT2D eigenvalue weighted by atomic mass is 35.5. The molecule has 0 aromatic heterocycles. The minimum absolute atomic E-state index is 0.268. The van der Waals surface area contributed by atoms with Crippen molar-refractivity contribution in [3.8, 4) is 5.75 Å². The van der Waals surface area contributed by atoms with Gasteiger partial charge < -0.3 is 10.1 Å². The van der Waals surface area contributed by atoms with E-state index in [0.717, 1.165) is 11.1 Å². The highest BCUT2D eigenvalue weighted by molar-refractivity contribution is 6.42. The lowest BCUT2D eigenvalue weighted by Crippen LogP contribution is -2.32. The first-order chi connectivity index (χ1) is 14.9. The van der Waals surface area contributed by atoms with Crippen LogP contribution < -0.4 is 15.5 Å². The zero-order valence-corrected chi connectivity index (χ0v) is 18.1. The van der Waals surface area contributed by atoms with E-state index in [1.165, 1.54) is 30.0 Å². The molecule has 0 fully saturated rings. The van der Waals surface area contributed by atoms with Crippen LogP contribution in [0.2, 0.25) is 10.0 Å². The lowest BCUT2D eigenvalue weighted by atomic mass is 10.2. The van der Waals surface area contributed by atoms with Crippen LogP contribution in [0.15, 0.2) is 71.8 Å². The van der Waals surface area contributed by atoms with Crippen molar-refractivity contribution in [1.82, 2.24) is 5.43 Å². The molecule has 0 unspecified atom stereocenters. The molecule has 2 amide bonds. The normalized spacial score (nSPS) is 10.7. The monoisotopic (exact) mass is 455 g/mol. The maximum absolute atomic E-state index is 11.9. The maximum atomic E-state index is 11.9. The van der Waals surface area contributed by atoms with Crippen LogP contribution in [0.5, 0.6) is 5.75 Å². The molecule has 0 saturated carbocycles. The van der Waals surface area contributed by atoms with Crippen molar-refractivity contribution in [2.24, 2.45) is 5.10 Å². The van der Waals surface area contributed by atoms with E-state index in [4.69, 9.17) is 27.9 Å². The molecule has 0 atom stereocenters. The van der Waals surface area contributed by atoms with Gasteiger partial charge in [0.15, 0.2) is 0 Å². The summed E-state index contributed by atoms with van der Waals surface area (Å²) >= 11 is 11.7. The second-order valence-corrected chi connectivity index (χ2v) is 7.44. The minimum atomic E-state index is -0.916. The number of ether oxygens (including phenoxy) is 1. The summed E-state index contributed by atoms with van der Waals surface area (Å²) in [6.07, 6.45) is 1.42. The fraction of sp³-hybridized carbons (Fsp3) is 0.0870. The molecule has 3 rings (SSSR count). The van der Waals surface area contributed by atoms with Gasteiger partial charge in [-0.2, -0.15) is 5.10 Å². The largest absolute Gasteiger partial charge is 0.489 e. The number of aryl methyl sites for hydroxylation is 1. The number of benzene rings is 3. The average Bonchev–Trinajstić information content (AvgIpc) is 2.76. The first-order valence-corrected chi connectivity index (χ1v) is 10.0. The number of hydrogen-bond donors (Lipinski definition) is 2. The zero-order chi connectivity index (χ0) is 22.2. The summed E-state index contributed by atoms with van der Waals surface area (Å²) in [4.78, 5) is 23.8. The van der Waals surface area contributed by atoms with Crippen molar-refractivity contribution in [2.75, 3.05) is 5.32 Å². The van der Waals surface area contributed by atoms with Gasteiger partial charge in [0.05, 0.1) is 16.3 Å². The topological polar surface area (TPSA) is 79.8 Å². The highest BCUT2D eigenvalue weighted by Gasteiger charge is 2.13. The Morgan fingerprint density at radius 2 is 1.65 bits per heavy atom. The fourth-order valence-electron chi connectivity index (χ4n) is 2.48. The van der Waals surface area contributed by atoms with Gasteiger partial charge >= 0.3 is 11.8 Å². The van der Waals surface area contributed by atoms with Crippen LogP contribution >= 0.6 is 23.2 Å². The number of carbonyl (C=O) groups is 2. The van der Waals surface area contributed by atoms with Crippen molar-refractivity contribution >= 4 is 46.9 Å². The molecule has 8 heteroatoms. The number of amides is 2. The average molecular weight is 456 g/mol. The Morgan fingerprint density at radius 1 is 0.935 bits per heavy atom. The lowest BCUT2D eigenvalue weighted by Gasteiger charge is -2.07. The summed E-state index contributed by atoms with van der Waals surface area (Å²) in [7, 11) is 0. The molecule has 6 nitrogen and oxygen atoms in total. The Labute approximate surface area is 189 Å². The zero-order valence-electron chi connectivity index (χ0n) is 16.6. The van der Waals surface area contributed by atoms with Crippen LogP contribution in [0.25, 0.3) is 0 Å². The highest BCUT2D eigenvalue weighted by Crippen LogP contribution is 2.24. The van der Waals surface area contributed by atoms with Crippen LogP contribution in [0, 0.1) is 6.92 Å². The van der Waals surface area contributed by atoms with E-state index in [9.17, 15) is 9.59 Å². The van der Waals surface area contributed by atoms with E-state index in [0.29, 0.717) is 23.1 Å². The van der Waals surface area contributed by atoms with Gasteiger partial charge in [0.2, 0.25) is 0 Å². The minimum Gasteiger partial charge on any atom is -0.489 e. The van der Waals surface area contributed by atoms with Crippen LogP contribution in [0.4, 0.5) is 5.69 Å². The Kier molecular flexibility index (Phi) is 7.65. The summed E-state index contributed by atoms with van der Waals surface area (Å²) in [5.41, 5.74) is 5.53. The molecule has 0 heterocycles. The van der Waals surface area contributed by atoms with Crippen molar-refractivity contribution in [3.63, 3.8) is 0 Å². The SMILES string of the molecule is Cc1ccc(COc2ccc(/C=N/NC(=O)C(=O)Nc3ccc(Cl)c(Cl)c3)cc2)cc1. The molecular formula is C23H19Cl2N3O3. The molecular weight excluding hydrogens is 437 g/mol. The second-order valence-electron chi connectivity index (χ2n) is 6.63. The molecule has 158 valence electrons. The third-order valence-electron chi connectivity index (χ3n) is 4.17. The number of halogens is 2. The maximum Gasteiger partial charge on any atom is 0.329 e. The third kappa shape index (κ3) is 6.84. The number of nitrogens with one attached hydrogen (secondary N) is 2. The first-order valence-electron chi connectivity index (χ1n) is 9.28. The Bertz CT molecular complexity index is 1100. The molecule has 3 aromatic rings. The van der Waals surface area contributed by atoms with Crippen molar-refractivity contribution in [1.29, 1.82) is 0 Å². The number of rotatable bonds is 6. The molecule has 0 aliphatic heterocycles. The van der Waals surface area contributed by atoms with Crippen molar-refractivity contribution < 1.29 is 14.3 Å². The van der Waals surface area contributed by atoms with Crippen LogP contribution in [0.3, 0.4) is 0 Å². The third-order valence-corrected chi connectivity index (χ3v) is 4.91. The number of hydrogen-bond acceptors (Lipinski definition) is 4. The van der Waals surface area contributed by atoms with Crippen molar-refractivity contribution in [3.05, 3.63) is 93.5 Å². The summed E-state index contributed by atoms with van der Waals surface area (Å²) < 4.78 is 5.75. The van der Waals surface area contributed by atoms with Gasteiger partial charge in [-0.05, 0) is 60.5 Å². The lowest BCUT2D eigenvalue weighted by molar-refractivity contribution is -0.136. The van der Waals surface area contributed by atoms with Crippen molar-refractivity contribution in [2.45, 2.75) is 13.5 Å². The predicted molar refractivity (Wildman–Crippen MR) is 123 cm³/mol. The molecule has 2 N–H and O–H groups in total. The summed E-state index contributed by atoms with van der Waals surface area (Å²) in [5.74, 6) is -1.08. The quantitative estimate of drug-likeness (QED) is 0.312. The van der Waals surface area contributed by atoms with Crippen LogP contribution in [-0.2, 0) is 16.2 Å². The van der Waals surface area contributed by atoms with E-state index >= 15 is 0 Å². The summed E-state index contributed by atoms with van der Waals surface area (Å²) in [5, 5.41) is 6.82. The summed E-state index contributed by atoms with van der Waals surface area (Å²) in [6, 6.07) is 19.8. The molecule has 0 radical (unpaired) electrons. The number of nitrogens with zero attached hydrogens (tertiary/aromatic N) is 1.